The fraction of sp³-hybridized carbons (Fsp3) is 0.391. The van der Waals surface area contributed by atoms with E-state index >= 15 is 0 Å². The van der Waals surface area contributed by atoms with Crippen molar-refractivity contribution in [3.05, 3.63) is 66.2 Å². The van der Waals surface area contributed by atoms with Crippen molar-refractivity contribution in [2.75, 3.05) is 33.3 Å². The van der Waals surface area contributed by atoms with Crippen molar-refractivity contribution in [2.24, 2.45) is 5.92 Å². The van der Waals surface area contributed by atoms with Gasteiger partial charge in [-0.1, -0.05) is 48.5 Å². The van der Waals surface area contributed by atoms with E-state index in [1.54, 1.807) is 4.90 Å². The summed E-state index contributed by atoms with van der Waals surface area (Å²) in [6.07, 6.45) is 1.90. The van der Waals surface area contributed by atoms with Crippen LogP contribution in [0.3, 0.4) is 0 Å². The molecular weight excluding hydrogens is 352 g/mol. The maximum Gasteiger partial charge on any atom is 0.227 e. The van der Waals surface area contributed by atoms with Crippen LogP contribution >= 0.6 is 0 Å². The summed E-state index contributed by atoms with van der Waals surface area (Å²) in [6.45, 7) is 2.38. The lowest BCUT2D eigenvalue weighted by Crippen LogP contribution is -2.36. The van der Waals surface area contributed by atoms with Crippen LogP contribution in [0.4, 0.5) is 0 Å². The summed E-state index contributed by atoms with van der Waals surface area (Å²) in [5.41, 5.74) is 1.21. The van der Waals surface area contributed by atoms with E-state index < -0.39 is 0 Å². The molecule has 0 spiro atoms. The van der Waals surface area contributed by atoms with Gasteiger partial charge in [-0.25, -0.2) is 0 Å². The van der Waals surface area contributed by atoms with Crippen LogP contribution in [0.25, 0.3) is 0 Å². The first-order chi connectivity index (χ1) is 13.6. The number of ether oxygens (including phenoxy) is 1. The smallest absolute Gasteiger partial charge is 0.227 e. The van der Waals surface area contributed by atoms with Crippen molar-refractivity contribution in [2.45, 2.75) is 19.3 Å². The molecule has 1 unspecified atom stereocenters. The summed E-state index contributed by atoms with van der Waals surface area (Å²) < 4.78 is 5.67. The van der Waals surface area contributed by atoms with Gasteiger partial charge in [0.2, 0.25) is 11.8 Å². The van der Waals surface area contributed by atoms with Crippen molar-refractivity contribution in [1.29, 1.82) is 0 Å². The van der Waals surface area contributed by atoms with Gasteiger partial charge in [0.25, 0.3) is 0 Å². The summed E-state index contributed by atoms with van der Waals surface area (Å²) in [5, 5.41) is 0. The number of hydrogen-bond acceptors (Lipinski definition) is 3. The quantitative estimate of drug-likeness (QED) is 0.629. The molecule has 1 fully saturated rings. The molecule has 1 atom stereocenters. The third-order valence-corrected chi connectivity index (χ3v) is 5.10. The molecule has 0 radical (unpaired) electrons. The molecule has 0 bridgehead atoms. The molecule has 2 aromatic carbocycles. The van der Waals surface area contributed by atoms with Crippen LogP contribution in [-0.4, -0.2) is 54.9 Å². The van der Waals surface area contributed by atoms with Crippen LogP contribution in [0.2, 0.25) is 0 Å². The number of rotatable bonds is 9. The Balaban J connectivity index is 1.39. The average molecular weight is 380 g/mol. The van der Waals surface area contributed by atoms with Gasteiger partial charge in [-0.3, -0.25) is 9.59 Å². The average Bonchev–Trinajstić information content (AvgIpc) is 3.11. The number of amides is 2. The predicted molar refractivity (Wildman–Crippen MR) is 109 cm³/mol. The first-order valence-corrected chi connectivity index (χ1v) is 9.88. The lowest BCUT2D eigenvalue weighted by atomic mass is 10.1. The molecule has 1 aliphatic rings. The Labute approximate surface area is 166 Å². The van der Waals surface area contributed by atoms with Crippen molar-refractivity contribution in [1.82, 2.24) is 9.80 Å². The summed E-state index contributed by atoms with van der Waals surface area (Å²) in [7, 11) is 1.81. The molecule has 0 N–H and O–H groups in total. The third kappa shape index (κ3) is 5.59. The van der Waals surface area contributed by atoms with Crippen LogP contribution in [0.15, 0.2) is 60.7 Å². The molecule has 148 valence electrons. The Bertz CT molecular complexity index is 764. The normalized spacial score (nSPS) is 16.2. The van der Waals surface area contributed by atoms with E-state index in [0.717, 1.165) is 18.6 Å². The number of nitrogens with zero attached hydrogens (tertiary/aromatic N) is 2. The summed E-state index contributed by atoms with van der Waals surface area (Å²) in [5.74, 6) is 0.737. The Kier molecular flexibility index (Phi) is 7.06. The Hall–Kier alpha value is -2.82. The van der Waals surface area contributed by atoms with Gasteiger partial charge in [-0.15, -0.1) is 0 Å². The molecule has 1 heterocycles. The number of hydrogen-bond donors (Lipinski definition) is 0. The molecule has 1 saturated heterocycles. The largest absolute Gasteiger partial charge is 0.494 e. The zero-order valence-electron chi connectivity index (χ0n) is 16.4. The molecule has 2 amide bonds. The highest BCUT2D eigenvalue weighted by molar-refractivity contribution is 5.89. The fourth-order valence-electron chi connectivity index (χ4n) is 3.49. The number of carbonyl (C=O) groups is 2. The number of para-hydroxylation sites is 1. The monoisotopic (exact) mass is 380 g/mol. The van der Waals surface area contributed by atoms with Crippen molar-refractivity contribution < 1.29 is 14.3 Å². The lowest BCUT2D eigenvalue weighted by molar-refractivity contribution is -0.134. The van der Waals surface area contributed by atoms with Gasteiger partial charge in [-0.2, -0.15) is 0 Å². The molecule has 3 rings (SSSR count). The summed E-state index contributed by atoms with van der Waals surface area (Å²) in [6, 6.07) is 19.8. The minimum Gasteiger partial charge on any atom is -0.494 e. The molecule has 28 heavy (non-hydrogen) atoms. The second-order valence-electron chi connectivity index (χ2n) is 7.25. The van der Waals surface area contributed by atoms with E-state index in [-0.39, 0.29) is 17.7 Å². The van der Waals surface area contributed by atoms with E-state index in [1.807, 2.05) is 60.5 Å². The van der Waals surface area contributed by atoms with Gasteiger partial charge in [0.1, 0.15) is 5.75 Å². The SMILES string of the molecule is CN(CCCOc1ccccc1)C(=O)C1CC(=O)N(CCc2ccccc2)C1. The van der Waals surface area contributed by atoms with Crippen molar-refractivity contribution in [3.8, 4) is 5.75 Å². The van der Waals surface area contributed by atoms with E-state index in [1.165, 1.54) is 5.56 Å². The van der Waals surface area contributed by atoms with Crippen LogP contribution in [0.5, 0.6) is 5.75 Å². The van der Waals surface area contributed by atoms with Crippen molar-refractivity contribution >= 4 is 11.8 Å². The van der Waals surface area contributed by atoms with Gasteiger partial charge in [0.05, 0.1) is 12.5 Å². The van der Waals surface area contributed by atoms with Gasteiger partial charge in [-0.05, 0) is 30.5 Å². The third-order valence-electron chi connectivity index (χ3n) is 5.10. The molecule has 5 nitrogen and oxygen atoms in total. The Morgan fingerprint density at radius 3 is 2.50 bits per heavy atom. The second kappa shape index (κ2) is 9.93. The number of benzene rings is 2. The molecule has 0 aromatic heterocycles. The molecular formula is C23H28N2O3. The minimum absolute atomic E-state index is 0.0512. The van der Waals surface area contributed by atoms with E-state index in [0.29, 0.717) is 32.7 Å². The van der Waals surface area contributed by atoms with Crippen LogP contribution in [0.1, 0.15) is 18.4 Å². The number of carbonyl (C=O) groups excluding carboxylic acids is 2. The van der Waals surface area contributed by atoms with Crippen LogP contribution in [-0.2, 0) is 16.0 Å². The predicted octanol–water partition coefficient (Wildman–Crippen LogP) is 3.01. The maximum absolute atomic E-state index is 12.7. The van der Waals surface area contributed by atoms with Gasteiger partial charge >= 0.3 is 0 Å². The molecule has 1 aliphatic heterocycles. The first-order valence-electron chi connectivity index (χ1n) is 9.88. The van der Waals surface area contributed by atoms with Gasteiger partial charge in [0, 0.05) is 33.1 Å². The van der Waals surface area contributed by atoms with Crippen molar-refractivity contribution in [3.63, 3.8) is 0 Å². The van der Waals surface area contributed by atoms with Gasteiger partial charge < -0.3 is 14.5 Å². The first kappa shape index (κ1) is 19.9. The number of likely N-dealkylation sites (tertiary alicyclic amines) is 1. The van der Waals surface area contributed by atoms with E-state index in [2.05, 4.69) is 12.1 Å². The molecule has 0 aliphatic carbocycles. The van der Waals surface area contributed by atoms with Crippen LogP contribution < -0.4 is 4.74 Å². The molecule has 2 aromatic rings. The summed E-state index contributed by atoms with van der Waals surface area (Å²) in [4.78, 5) is 28.5. The lowest BCUT2D eigenvalue weighted by Gasteiger charge is -2.21. The molecule has 0 saturated carbocycles. The second-order valence-corrected chi connectivity index (χ2v) is 7.25. The topological polar surface area (TPSA) is 49.9 Å². The zero-order chi connectivity index (χ0) is 19.8. The fourth-order valence-corrected chi connectivity index (χ4v) is 3.49. The summed E-state index contributed by atoms with van der Waals surface area (Å²) >= 11 is 0. The minimum atomic E-state index is -0.233. The van der Waals surface area contributed by atoms with E-state index in [9.17, 15) is 9.59 Å². The van der Waals surface area contributed by atoms with Gasteiger partial charge in [0.15, 0.2) is 0 Å². The Morgan fingerprint density at radius 2 is 1.79 bits per heavy atom. The van der Waals surface area contributed by atoms with E-state index in [4.69, 9.17) is 4.74 Å². The standard InChI is InChI=1S/C23H28N2O3/c1-24(14-8-16-28-21-11-6-3-7-12-21)23(27)20-17-22(26)25(18-20)15-13-19-9-4-2-5-10-19/h2-7,9-12,20H,8,13-18H2,1H3. The molecule has 5 heteroatoms. The Morgan fingerprint density at radius 1 is 1.11 bits per heavy atom. The highest BCUT2D eigenvalue weighted by atomic mass is 16.5. The zero-order valence-corrected chi connectivity index (χ0v) is 16.4. The highest BCUT2D eigenvalue weighted by Gasteiger charge is 2.35. The van der Waals surface area contributed by atoms with Crippen LogP contribution in [0, 0.1) is 5.92 Å². The maximum atomic E-state index is 12.7. The highest BCUT2D eigenvalue weighted by Crippen LogP contribution is 2.20.